The average molecular weight is 550 g/mol. The summed E-state index contributed by atoms with van der Waals surface area (Å²) in [5.74, 6) is 0.795. The van der Waals surface area contributed by atoms with Gasteiger partial charge in [-0.2, -0.15) is 0 Å². The van der Waals surface area contributed by atoms with Gasteiger partial charge in [0, 0.05) is 0 Å². The Morgan fingerprint density at radius 1 is 1.29 bits per heavy atom. The van der Waals surface area contributed by atoms with Crippen molar-refractivity contribution < 1.29 is 30.8 Å². The molecule has 0 amide bonds. The van der Waals surface area contributed by atoms with Gasteiger partial charge < -0.3 is 0 Å². The van der Waals surface area contributed by atoms with Crippen LogP contribution in [0.2, 0.25) is 0 Å². The van der Waals surface area contributed by atoms with E-state index in [0.29, 0.717) is 18.2 Å². The van der Waals surface area contributed by atoms with Gasteiger partial charge in [-0.25, -0.2) is 0 Å². The molecule has 130 valence electrons. The number of nitrogens with one attached hydrogen (secondary N) is 1. The molecule has 5 heteroatoms. The van der Waals surface area contributed by atoms with E-state index in [2.05, 4.69) is 27.3 Å². The Bertz CT molecular complexity index is 724. The van der Waals surface area contributed by atoms with Crippen LogP contribution in [0.15, 0.2) is 27.9 Å². The Balaban J connectivity index is 1.86. The summed E-state index contributed by atoms with van der Waals surface area (Å²) >= 11 is -0.291. The van der Waals surface area contributed by atoms with Crippen LogP contribution in [0.5, 0.6) is 0 Å². The van der Waals surface area contributed by atoms with Crippen molar-refractivity contribution in [3.63, 3.8) is 0 Å². The number of anilines is 1. The molecular formula is C19H22I2NO2-. The molecule has 3 nitrogen and oxygen atoms in total. The van der Waals surface area contributed by atoms with E-state index in [-0.39, 0.29) is 53.6 Å². The summed E-state index contributed by atoms with van der Waals surface area (Å²) in [5, 5.41) is 3.55. The minimum atomic E-state index is -0.296. The predicted octanol–water partition coefficient (Wildman–Crippen LogP) is 0.895. The molecule has 0 aliphatic carbocycles. The second-order valence-electron chi connectivity index (χ2n) is 6.10. The van der Waals surface area contributed by atoms with Gasteiger partial charge in [0.15, 0.2) is 0 Å². The van der Waals surface area contributed by atoms with Gasteiger partial charge in [-0.05, 0) is 0 Å². The van der Waals surface area contributed by atoms with E-state index >= 15 is 0 Å². The summed E-state index contributed by atoms with van der Waals surface area (Å²) in [4.78, 5) is 26.8. The number of alkyl halides is 2. The number of Topliss-reactive ketones (excluding diaryl/α,β-unsaturated/α-hetero) is 2. The van der Waals surface area contributed by atoms with Gasteiger partial charge in [0.1, 0.15) is 0 Å². The van der Waals surface area contributed by atoms with Gasteiger partial charge in [-0.3, -0.25) is 0 Å². The second-order valence-corrected chi connectivity index (χ2v) is 10.9. The van der Waals surface area contributed by atoms with Crippen molar-refractivity contribution >= 4 is 42.0 Å². The molecule has 2 heterocycles. The van der Waals surface area contributed by atoms with Crippen LogP contribution in [0.25, 0.3) is 0 Å². The SMILES string of the molecule is CCCCC(=O)c1ccc2c(c1)C1C=C(C(=O)C[I-]C)I=CC1N2. The van der Waals surface area contributed by atoms with E-state index in [1.165, 1.54) is 5.56 Å². The first kappa shape index (κ1) is 18.2. The molecule has 0 saturated carbocycles. The zero-order chi connectivity index (χ0) is 17.1. The van der Waals surface area contributed by atoms with Crippen molar-refractivity contribution in [2.45, 2.75) is 38.1 Å². The molecule has 24 heavy (non-hydrogen) atoms. The van der Waals surface area contributed by atoms with Crippen molar-refractivity contribution in [1.82, 2.24) is 0 Å². The number of unbranched alkanes of at least 4 members (excludes halogenated alkanes) is 1. The maximum atomic E-state index is 12.3. The number of ketones is 2. The summed E-state index contributed by atoms with van der Waals surface area (Å²) in [7, 11) is 0. The minimum absolute atomic E-state index is 0.00475. The number of carbonyl (C=O) groups excluding carboxylic acids is 2. The molecule has 1 aromatic rings. The molecule has 3 rings (SSSR count). The topological polar surface area (TPSA) is 46.2 Å². The molecule has 1 aromatic carbocycles. The van der Waals surface area contributed by atoms with Gasteiger partial charge >= 0.3 is 158 Å². The van der Waals surface area contributed by atoms with Gasteiger partial charge in [-0.15, -0.1) is 0 Å². The van der Waals surface area contributed by atoms with Crippen molar-refractivity contribution in [3.05, 3.63) is 39.0 Å². The third kappa shape index (κ3) is 3.81. The number of hydrogen-bond acceptors (Lipinski definition) is 3. The summed E-state index contributed by atoms with van der Waals surface area (Å²) < 4.78 is 4.14. The molecule has 0 bridgehead atoms. The quantitative estimate of drug-likeness (QED) is 0.312. The van der Waals surface area contributed by atoms with E-state index in [9.17, 15) is 9.59 Å². The number of fused-ring (bicyclic) bond motifs is 3. The van der Waals surface area contributed by atoms with Gasteiger partial charge in [-0.1, -0.05) is 6.92 Å². The fraction of sp³-hybridized carbons (Fsp3) is 0.421. The van der Waals surface area contributed by atoms with E-state index in [1.54, 1.807) is 0 Å². The van der Waals surface area contributed by atoms with Gasteiger partial charge in [0.25, 0.3) is 0 Å². The molecule has 0 aromatic heterocycles. The maximum absolute atomic E-state index is 12.3. The van der Waals surface area contributed by atoms with Crippen LogP contribution in [0.4, 0.5) is 5.69 Å². The van der Waals surface area contributed by atoms with E-state index in [1.807, 2.05) is 18.2 Å². The zero-order valence-electron chi connectivity index (χ0n) is 13.9. The number of halogens is 2. The fourth-order valence-corrected chi connectivity index (χ4v) is 7.43. The standard InChI is InChI=1S/C19H22I2NO2/c1-3-4-5-18(23)12-6-7-16-13(8-12)14-9-15(19(24)11-20-2)21-10-17(14)22-16/h6-10,14,17,22H,3-5,11H2,1-2H3/q-1. The fourth-order valence-electron chi connectivity index (χ4n) is 3.06. The molecule has 2 aliphatic rings. The van der Waals surface area contributed by atoms with Crippen LogP contribution in [0.1, 0.15) is 48.0 Å². The first-order valence-corrected chi connectivity index (χ1v) is 14.2. The summed E-state index contributed by atoms with van der Waals surface area (Å²) in [6.07, 6.45) is 4.79. The van der Waals surface area contributed by atoms with Crippen LogP contribution in [-0.2, 0) is 4.79 Å². The van der Waals surface area contributed by atoms with E-state index in [4.69, 9.17) is 0 Å². The van der Waals surface area contributed by atoms with E-state index < -0.39 is 0 Å². The van der Waals surface area contributed by atoms with Crippen LogP contribution in [0.3, 0.4) is 0 Å². The molecule has 0 spiro atoms. The third-order valence-corrected chi connectivity index (χ3v) is 8.58. The first-order chi connectivity index (χ1) is 11.6. The Kier molecular flexibility index (Phi) is 6.23. The average Bonchev–Trinajstić information content (AvgIpc) is 2.96. The number of allylic oxidation sites excluding steroid dienone is 1. The van der Waals surface area contributed by atoms with E-state index in [0.717, 1.165) is 32.1 Å². The van der Waals surface area contributed by atoms with Gasteiger partial charge in [0.05, 0.1) is 0 Å². The zero-order valence-corrected chi connectivity index (χ0v) is 18.3. The molecule has 2 unspecified atom stereocenters. The number of benzene rings is 1. The van der Waals surface area contributed by atoms with Crippen LogP contribution in [0, 0.1) is 0 Å². The summed E-state index contributed by atoms with van der Waals surface area (Å²) in [5.41, 5.74) is 3.11. The normalized spacial score (nSPS) is 21.3. The Morgan fingerprint density at radius 2 is 2.12 bits per heavy atom. The Morgan fingerprint density at radius 3 is 2.88 bits per heavy atom. The predicted molar refractivity (Wildman–Crippen MR) is 104 cm³/mol. The van der Waals surface area contributed by atoms with Gasteiger partial charge in [0.2, 0.25) is 0 Å². The molecule has 1 N–H and O–H groups in total. The Hall–Kier alpha value is -0.570. The summed E-state index contributed by atoms with van der Waals surface area (Å²) in [6, 6.07) is 6.31. The summed E-state index contributed by atoms with van der Waals surface area (Å²) in [6.45, 7) is 2.10. The first-order valence-electron chi connectivity index (χ1n) is 8.23. The molecule has 2 atom stereocenters. The molecule has 0 radical (unpaired) electrons. The molecular weight excluding hydrogens is 528 g/mol. The number of carbonyl (C=O) groups is 2. The van der Waals surface area contributed by atoms with Crippen LogP contribution >= 0.6 is 20.7 Å². The second kappa shape index (κ2) is 8.21. The van der Waals surface area contributed by atoms with Crippen LogP contribution in [-0.4, -0.2) is 31.0 Å². The number of rotatable bonds is 7. The van der Waals surface area contributed by atoms with Crippen molar-refractivity contribution in [2.75, 3.05) is 14.7 Å². The molecule has 2 aliphatic heterocycles. The monoisotopic (exact) mass is 550 g/mol. The Labute approximate surface area is 163 Å². The van der Waals surface area contributed by atoms with Crippen molar-refractivity contribution in [1.29, 1.82) is 0 Å². The third-order valence-electron chi connectivity index (χ3n) is 4.36. The van der Waals surface area contributed by atoms with Crippen molar-refractivity contribution in [2.24, 2.45) is 0 Å². The van der Waals surface area contributed by atoms with Crippen LogP contribution < -0.4 is 26.5 Å². The molecule has 0 saturated heterocycles. The number of hydrogen-bond donors (Lipinski definition) is 1. The van der Waals surface area contributed by atoms with Crippen molar-refractivity contribution in [3.8, 4) is 0 Å². The molecule has 0 fully saturated rings.